The van der Waals surface area contributed by atoms with Crippen LogP contribution < -0.4 is 0 Å². The van der Waals surface area contributed by atoms with Gasteiger partial charge in [0.2, 0.25) is 0 Å². The maximum atomic E-state index is 11.6. The predicted octanol–water partition coefficient (Wildman–Crippen LogP) is 0.0369. The summed E-state index contributed by atoms with van der Waals surface area (Å²) in [5.41, 5.74) is 0. The van der Waals surface area contributed by atoms with E-state index in [1.807, 2.05) is 0 Å². The molecule has 0 fully saturated rings. The summed E-state index contributed by atoms with van der Waals surface area (Å²) in [5, 5.41) is 17.5. The van der Waals surface area contributed by atoms with Crippen molar-refractivity contribution in [3.05, 3.63) is 0 Å². The molecule has 0 amide bonds. The summed E-state index contributed by atoms with van der Waals surface area (Å²) < 4.78 is 21.5. The summed E-state index contributed by atoms with van der Waals surface area (Å²) in [6, 6.07) is 0. The third kappa shape index (κ3) is 2.06. The van der Waals surface area contributed by atoms with Crippen LogP contribution in [0.25, 0.3) is 0 Å². The number of sulfone groups is 1. The predicted molar refractivity (Wildman–Crippen MR) is 51.8 cm³/mol. The van der Waals surface area contributed by atoms with E-state index in [9.17, 15) is 13.2 Å². The van der Waals surface area contributed by atoms with E-state index < -0.39 is 32.9 Å². The first-order valence-electron chi connectivity index (χ1n) is 4.44. The molecule has 5 nitrogen and oxygen atoms in total. The molecular weight excluding hydrogens is 208 g/mol. The fraction of sp³-hybridized carbons (Fsp3) is 0.875. The molecule has 0 atom stereocenters. The highest BCUT2D eigenvalue weighted by molar-refractivity contribution is 7.93. The third-order valence-electron chi connectivity index (χ3n) is 2.49. The Morgan fingerprint density at radius 3 is 1.93 bits per heavy atom. The van der Waals surface area contributed by atoms with Crippen molar-refractivity contribution < 1.29 is 23.4 Å². The van der Waals surface area contributed by atoms with Crippen LogP contribution in [0.1, 0.15) is 26.7 Å². The molecule has 0 aromatic rings. The van der Waals surface area contributed by atoms with Crippen molar-refractivity contribution in [1.82, 2.24) is 0 Å². The third-order valence-corrected chi connectivity index (χ3v) is 5.15. The van der Waals surface area contributed by atoms with Crippen molar-refractivity contribution >= 4 is 15.8 Å². The number of hydrogen-bond donors (Lipinski definition) is 2. The van der Waals surface area contributed by atoms with Crippen LogP contribution in [0.2, 0.25) is 0 Å². The molecule has 0 aromatic carbocycles. The van der Waals surface area contributed by atoms with E-state index in [4.69, 9.17) is 10.2 Å². The number of aliphatic hydroxyl groups excluding tert-OH is 1. The first-order valence-corrected chi connectivity index (χ1v) is 6.09. The van der Waals surface area contributed by atoms with Crippen molar-refractivity contribution in [2.45, 2.75) is 31.4 Å². The minimum atomic E-state index is -3.78. The highest BCUT2D eigenvalue weighted by atomic mass is 32.2. The molecule has 0 aliphatic carbocycles. The van der Waals surface area contributed by atoms with Crippen LogP contribution in [0.4, 0.5) is 0 Å². The maximum absolute atomic E-state index is 11.6. The van der Waals surface area contributed by atoms with E-state index in [2.05, 4.69) is 0 Å². The summed E-state index contributed by atoms with van der Waals surface area (Å²) in [6.45, 7) is 2.50. The Hall–Kier alpha value is -0.620. The zero-order valence-corrected chi connectivity index (χ0v) is 9.17. The van der Waals surface area contributed by atoms with Gasteiger partial charge >= 0.3 is 5.97 Å². The summed E-state index contributed by atoms with van der Waals surface area (Å²) in [5.74, 6) is -1.84. The van der Waals surface area contributed by atoms with E-state index >= 15 is 0 Å². The average molecular weight is 224 g/mol. The molecular formula is C8H16O5S. The lowest BCUT2D eigenvalue weighted by molar-refractivity contribution is -0.140. The van der Waals surface area contributed by atoms with Gasteiger partial charge in [-0.25, -0.2) is 8.42 Å². The van der Waals surface area contributed by atoms with Gasteiger partial charge in [0.1, 0.15) is 0 Å². The Morgan fingerprint density at radius 1 is 1.29 bits per heavy atom. The zero-order chi connectivity index (χ0) is 11.4. The number of aliphatic hydroxyl groups is 1. The lowest BCUT2D eigenvalue weighted by Gasteiger charge is -2.25. The van der Waals surface area contributed by atoms with E-state index in [0.717, 1.165) is 0 Å². The first-order chi connectivity index (χ1) is 6.38. The van der Waals surface area contributed by atoms with Crippen molar-refractivity contribution in [3.8, 4) is 0 Å². The van der Waals surface area contributed by atoms with Gasteiger partial charge in [-0.3, -0.25) is 4.79 Å². The van der Waals surface area contributed by atoms with Crippen LogP contribution in [-0.2, 0) is 14.6 Å². The Kier molecular flexibility index (Phi) is 4.54. The second kappa shape index (κ2) is 4.75. The molecule has 84 valence electrons. The van der Waals surface area contributed by atoms with Crippen LogP contribution in [0.5, 0.6) is 0 Å². The highest BCUT2D eigenvalue weighted by Gasteiger charge is 2.47. The van der Waals surface area contributed by atoms with Crippen LogP contribution >= 0.6 is 0 Å². The molecule has 0 aliphatic heterocycles. The van der Waals surface area contributed by atoms with Crippen LogP contribution in [-0.4, -0.2) is 41.7 Å². The largest absolute Gasteiger partial charge is 0.480 e. The van der Waals surface area contributed by atoms with Gasteiger partial charge < -0.3 is 10.2 Å². The fourth-order valence-electron chi connectivity index (χ4n) is 1.44. The second-order valence-electron chi connectivity index (χ2n) is 3.05. The van der Waals surface area contributed by atoms with Crippen molar-refractivity contribution in [2.75, 3.05) is 12.4 Å². The second-order valence-corrected chi connectivity index (χ2v) is 5.47. The minimum Gasteiger partial charge on any atom is -0.480 e. The number of hydrogen-bond acceptors (Lipinski definition) is 4. The van der Waals surface area contributed by atoms with Gasteiger partial charge in [-0.2, -0.15) is 0 Å². The van der Waals surface area contributed by atoms with Gasteiger partial charge in [0.25, 0.3) is 0 Å². The Balaban J connectivity index is 5.30. The monoisotopic (exact) mass is 224 g/mol. The molecule has 0 rings (SSSR count). The minimum absolute atomic E-state index is 0.0150. The lowest BCUT2D eigenvalue weighted by Crippen LogP contribution is -2.47. The van der Waals surface area contributed by atoms with Gasteiger partial charge in [0, 0.05) is 0 Å². The average Bonchev–Trinajstić information content (AvgIpc) is 2.05. The molecule has 0 bridgehead atoms. The highest BCUT2D eigenvalue weighted by Crippen LogP contribution is 2.27. The zero-order valence-electron chi connectivity index (χ0n) is 8.36. The smallest absolute Gasteiger partial charge is 0.325 e. The molecule has 2 N–H and O–H groups in total. The quantitative estimate of drug-likeness (QED) is 0.664. The van der Waals surface area contributed by atoms with Crippen LogP contribution in [0.3, 0.4) is 0 Å². The Morgan fingerprint density at radius 2 is 1.71 bits per heavy atom. The van der Waals surface area contributed by atoms with Gasteiger partial charge in [-0.15, -0.1) is 0 Å². The van der Waals surface area contributed by atoms with E-state index in [0.29, 0.717) is 0 Å². The number of rotatable bonds is 6. The Labute approximate surface area is 83.7 Å². The topological polar surface area (TPSA) is 91.7 Å². The van der Waals surface area contributed by atoms with Crippen molar-refractivity contribution in [2.24, 2.45) is 0 Å². The molecule has 0 radical (unpaired) electrons. The molecule has 14 heavy (non-hydrogen) atoms. The van der Waals surface area contributed by atoms with Crippen LogP contribution in [0, 0.1) is 0 Å². The normalized spacial score (nSPS) is 12.8. The first kappa shape index (κ1) is 13.4. The van der Waals surface area contributed by atoms with Gasteiger partial charge in [0.15, 0.2) is 14.6 Å². The fourth-order valence-corrected chi connectivity index (χ4v) is 3.22. The number of carboxylic acids is 1. The molecule has 0 heterocycles. The summed E-state index contributed by atoms with van der Waals surface area (Å²) in [4.78, 5) is 10.9. The molecule has 6 heteroatoms. The van der Waals surface area contributed by atoms with Gasteiger partial charge in [-0.1, -0.05) is 13.8 Å². The standard InChI is InChI=1S/C8H16O5S/c1-3-8(4-2,7(10)11)14(12,13)6-5-9/h9H,3-6H2,1-2H3,(H,10,11). The van der Waals surface area contributed by atoms with Gasteiger partial charge in [-0.05, 0) is 12.8 Å². The molecule has 0 aromatic heterocycles. The Bertz CT molecular complexity index is 289. The molecule has 0 spiro atoms. The number of carbonyl (C=O) groups is 1. The van der Waals surface area contributed by atoms with E-state index in [1.54, 1.807) is 0 Å². The van der Waals surface area contributed by atoms with Crippen LogP contribution in [0.15, 0.2) is 0 Å². The lowest BCUT2D eigenvalue weighted by atomic mass is 10.0. The van der Waals surface area contributed by atoms with E-state index in [-0.39, 0.29) is 12.8 Å². The number of carboxylic acid groups (broad SMARTS) is 1. The van der Waals surface area contributed by atoms with E-state index in [1.165, 1.54) is 13.8 Å². The summed E-state index contributed by atoms with van der Waals surface area (Å²) in [6.07, 6.45) is 0.0301. The molecule has 0 unspecified atom stereocenters. The maximum Gasteiger partial charge on any atom is 0.325 e. The van der Waals surface area contributed by atoms with Crippen molar-refractivity contribution in [3.63, 3.8) is 0 Å². The molecule has 0 saturated carbocycles. The molecule has 0 saturated heterocycles. The summed E-state index contributed by atoms with van der Waals surface area (Å²) >= 11 is 0. The van der Waals surface area contributed by atoms with Gasteiger partial charge in [0.05, 0.1) is 12.4 Å². The van der Waals surface area contributed by atoms with Crippen molar-refractivity contribution in [1.29, 1.82) is 0 Å². The SMILES string of the molecule is CCC(CC)(C(=O)O)S(=O)(=O)CCO. The molecule has 0 aliphatic rings. The summed E-state index contributed by atoms with van der Waals surface area (Å²) in [7, 11) is -3.78. The number of aliphatic carboxylic acids is 1.